The van der Waals surface area contributed by atoms with Crippen molar-refractivity contribution in [1.29, 1.82) is 0 Å². The molecule has 2 N–H and O–H groups in total. The highest BCUT2D eigenvalue weighted by Crippen LogP contribution is 2.33. The third kappa shape index (κ3) is 1.57. The van der Waals surface area contributed by atoms with Crippen LogP contribution < -0.4 is 5.84 Å². The first-order valence-corrected chi connectivity index (χ1v) is 4.74. The van der Waals surface area contributed by atoms with E-state index in [4.69, 9.17) is 5.84 Å². The van der Waals surface area contributed by atoms with Crippen molar-refractivity contribution < 1.29 is 4.59 Å². The molecule has 3 heteroatoms. The average molecular weight is 178 g/mol. The van der Waals surface area contributed by atoms with Gasteiger partial charge in [0.15, 0.2) is 0 Å². The Kier molecular flexibility index (Phi) is 2.06. The van der Waals surface area contributed by atoms with Gasteiger partial charge in [-0.2, -0.15) is 5.84 Å². The minimum absolute atomic E-state index is 0.439. The van der Waals surface area contributed by atoms with Crippen LogP contribution in [-0.4, -0.2) is 23.2 Å². The van der Waals surface area contributed by atoms with E-state index >= 15 is 0 Å². The number of hydrogen-bond donors (Lipinski definition) is 1. The van der Waals surface area contributed by atoms with Crippen molar-refractivity contribution in [3.63, 3.8) is 0 Å². The monoisotopic (exact) mass is 178 g/mol. The summed E-state index contributed by atoms with van der Waals surface area (Å²) in [5.41, 5.74) is 1.27. The van der Waals surface area contributed by atoms with Crippen molar-refractivity contribution in [2.45, 2.75) is 18.9 Å². The summed E-state index contributed by atoms with van der Waals surface area (Å²) in [6.07, 6.45) is 6.13. The van der Waals surface area contributed by atoms with Crippen LogP contribution in [0.5, 0.6) is 0 Å². The van der Waals surface area contributed by atoms with E-state index in [1.54, 1.807) is 6.20 Å². The number of nitrogens with two attached hydrogens (primary N) is 1. The lowest BCUT2D eigenvalue weighted by Crippen LogP contribution is -2.49. The Morgan fingerprint density at radius 3 is 3.00 bits per heavy atom. The van der Waals surface area contributed by atoms with Crippen LogP contribution in [0.1, 0.15) is 24.4 Å². The number of pyridine rings is 1. The molecular weight excluding hydrogens is 162 g/mol. The zero-order chi connectivity index (χ0) is 9.31. The molecule has 0 amide bonds. The first-order chi connectivity index (χ1) is 6.20. The fraction of sp³-hybridized carbons (Fsp3) is 0.500. The second-order valence-corrected chi connectivity index (χ2v) is 4.01. The van der Waals surface area contributed by atoms with Gasteiger partial charge in [-0.1, -0.05) is 0 Å². The normalized spacial score (nSPS) is 33.5. The molecule has 1 aliphatic heterocycles. The predicted molar refractivity (Wildman–Crippen MR) is 51.5 cm³/mol. The number of likely N-dealkylation sites (tertiary alicyclic amines) is 1. The van der Waals surface area contributed by atoms with Crippen LogP contribution in [0, 0.1) is 0 Å². The van der Waals surface area contributed by atoms with E-state index in [1.807, 2.05) is 12.3 Å². The first kappa shape index (κ1) is 8.66. The zero-order valence-electron chi connectivity index (χ0n) is 7.98. The third-order valence-electron chi connectivity index (χ3n) is 2.90. The lowest BCUT2D eigenvalue weighted by Gasteiger charge is -2.29. The van der Waals surface area contributed by atoms with E-state index < -0.39 is 0 Å². The molecule has 70 valence electrons. The van der Waals surface area contributed by atoms with E-state index in [1.165, 1.54) is 18.4 Å². The maximum atomic E-state index is 6.16. The molecule has 2 rings (SSSR count). The second-order valence-electron chi connectivity index (χ2n) is 4.01. The molecule has 2 atom stereocenters. The van der Waals surface area contributed by atoms with Crippen LogP contribution in [0.15, 0.2) is 24.5 Å². The Morgan fingerprint density at radius 2 is 2.46 bits per heavy atom. The molecule has 0 spiro atoms. The van der Waals surface area contributed by atoms with Gasteiger partial charge in [0, 0.05) is 30.8 Å². The van der Waals surface area contributed by atoms with Crippen LogP contribution >= 0.6 is 0 Å². The fourth-order valence-electron chi connectivity index (χ4n) is 2.16. The third-order valence-corrected chi connectivity index (χ3v) is 2.90. The molecule has 0 aromatic carbocycles. The molecule has 3 nitrogen and oxygen atoms in total. The molecule has 1 saturated heterocycles. The topological polar surface area (TPSA) is 38.9 Å². The summed E-state index contributed by atoms with van der Waals surface area (Å²) in [6, 6.07) is 4.54. The average Bonchev–Trinajstić information content (AvgIpc) is 2.47. The van der Waals surface area contributed by atoms with Crippen molar-refractivity contribution in [1.82, 2.24) is 4.98 Å². The molecule has 0 saturated carbocycles. The summed E-state index contributed by atoms with van der Waals surface area (Å²) >= 11 is 0. The fourth-order valence-corrected chi connectivity index (χ4v) is 2.16. The predicted octanol–water partition coefficient (Wildman–Crippen LogP) is 1.24. The van der Waals surface area contributed by atoms with E-state index in [9.17, 15) is 0 Å². The Hall–Kier alpha value is -0.930. The SMILES string of the molecule is C[N+]1(N)CCCC1c1cccnc1. The van der Waals surface area contributed by atoms with Crippen molar-refractivity contribution in [3.05, 3.63) is 30.1 Å². The van der Waals surface area contributed by atoms with E-state index in [2.05, 4.69) is 18.1 Å². The standard InChI is InChI=1S/C10H16N3/c1-13(11)7-3-5-10(13)9-4-2-6-12-8-9/h2,4,6,8,10H,3,5,7,11H2,1H3/q+1. The van der Waals surface area contributed by atoms with Crippen LogP contribution in [0.4, 0.5) is 0 Å². The lowest BCUT2D eigenvalue weighted by atomic mass is 10.1. The van der Waals surface area contributed by atoms with Gasteiger partial charge in [0.25, 0.3) is 0 Å². The van der Waals surface area contributed by atoms with Crippen LogP contribution in [0.25, 0.3) is 0 Å². The van der Waals surface area contributed by atoms with E-state index in [0.29, 0.717) is 10.6 Å². The van der Waals surface area contributed by atoms with Crippen molar-refractivity contribution >= 4 is 0 Å². The van der Waals surface area contributed by atoms with Gasteiger partial charge < -0.3 is 0 Å². The molecule has 13 heavy (non-hydrogen) atoms. The first-order valence-electron chi connectivity index (χ1n) is 4.74. The molecule has 2 unspecified atom stereocenters. The van der Waals surface area contributed by atoms with E-state index in [-0.39, 0.29) is 0 Å². The Morgan fingerprint density at radius 1 is 1.62 bits per heavy atom. The lowest BCUT2D eigenvalue weighted by molar-refractivity contribution is -0.938. The van der Waals surface area contributed by atoms with Crippen molar-refractivity contribution in [2.75, 3.05) is 13.6 Å². The summed E-state index contributed by atoms with van der Waals surface area (Å²) in [4.78, 5) is 4.13. The summed E-state index contributed by atoms with van der Waals surface area (Å²) in [7, 11) is 2.09. The second kappa shape index (κ2) is 3.09. The molecule has 1 fully saturated rings. The number of hydrogen-bond acceptors (Lipinski definition) is 2. The Labute approximate surface area is 78.7 Å². The van der Waals surface area contributed by atoms with Gasteiger partial charge in [0.2, 0.25) is 0 Å². The number of aromatic nitrogens is 1. The van der Waals surface area contributed by atoms with Crippen LogP contribution in [0.2, 0.25) is 0 Å². The molecule has 1 aliphatic rings. The highest BCUT2D eigenvalue weighted by Gasteiger charge is 2.36. The highest BCUT2D eigenvalue weighted by atomic mass is 15.6. The molecule has 0 radical (unpaired) electrons. The Balaban J connectivity index is 2.27. The number of rotatable bonds is 1. The van der Waals surface area contributed by atoms with Gasteiger partial charge in [0.1, 0.15) is 6.04 Å². The van der Waals surface area contributed by atoms with Crippen molar-refractivity contribution in [3.8, 4) is 0 Å². The van der Waals surface area contributed by atoms with Gasteiger partial charge in [0.05, 0.1) is 13.6 Å². The van der Waals surface area contributed by atoms with Gasteiger partial charge in [-0.3, -0.25) is 4.98 Å². The van der Waals surface area contributed by atoms with Crippen molar-refractivity contribution in [2.24, 2.45) is 5.84 Å². The minimum atomic E-state index is 0.439. The molecular formula is C10H16N3+. The molecule has 1 aromatic rings. The summed E-state index contributed by atoms with van der Waals surface area (Å²) in [5, 5.41) is 0. The Bertz CT molecular complexity index is 281. The maximum absolute atomic E-state index is 6.16. The van der Waals surface area contributed by atoms with Gasteiger partial charge >= 0.3 is 0 Å². The molecule has 1 aromatic heterocycles. The van der Waals surface area contributed by atoms with Gasteiger partial charge in [-0.05, 0) is 12.1 Å². The van der Waals surface area contributed by atoms with Gasteiger partial charge in [-0.15, -0.1) is 0 Å². The van der Waals surface area contributed by atoms with Gasteiger partial charge in [-0.25, -0.2) is 4.59 Å². The summed E-state index contributed by atoms with van der Waals surface area (Å²) in [6.45, 7) is 1.07. The molecule has 0 bridgehead atoms. The highest BCUT2D eigenvalue weighted by molar-refractivity contribution is 5.12. The largest absolute Gasteiger partial charge is 0.264 e. The van der Waals surface area contributed by atoms with E-state index in [0.717, 1.165) is 6.54 Å². The summed E-state index contributed by atoms with van der Waals surface area (Å²) in [5.74, 6) is 6.16. The quantitative estimate of drug-likeness (QED) is 0.519. The zero-order valence-corrected chi connectivity index (χ0v) is 7.98. The maximum Gasteiger partial charge on any atom is 0.133 e. The smallest absolute Gasteiger partial charge is 0.133 e. The summed E-state index contributed by atoms with van der Waals surface area (Å²) < 4.78 is 0.617. The number of quaternary nitrogens is 1. The molecule has 0 aliphatic carbocycles. The minimum Gasteiger partial charge on any atom is -0.264 e. The number of nitrogens with zero attached hydrogens (tertiary/aromatic N) is 2. The van der Waals surface area contributed by atoms with Crippen LogP contribution in [-0.2, 0) is 0 Å². The van der Waals surface area contributed by atoms with Crippen LogP contribution in [0.3, 0.4) is 0 Å². The molecule has 2 heterocycles.